The van der Waals surface area contributed by atoms with Crippen LogP contribution in [-0.2, 0) is 11.3 Å². The molecule has 2 aromatic carbocycles. The molecule has 2 aromatic rings. The first-order chi connectivity index (χ1) is 13.0. The standard InChI is InChI=1S/C22H27ClN2O2/c1-16-4-3-5-21(17(16)2)27-15-22(26)24-20-10-12-25(13-11-20)14-18-6-8-19(23)9-7-18/h3-9,20H,10-15H2,1-2H3,(H,24,26). The molecule has 1 heterocycles. The Morgan fingerprint density at radius 3 is 2.56 bits per heavy atom. The van der Waals surface area contributed by atoms with Crippen LogP contribution in [0.4, 0.5) is 0 Å². The molecule has 3 rings (SSSR count). The summed E-state index contributed by atoms with van der Waals surface area (Å²) in [6, 6.07) is 14.1. The Morgan fingerprint density at radius 1 is 1.15 bits per heavy atom. The second kappa shape index (κ2) is 9.25. The molecule has 1 saturated heterocycles. The average molecular weight is 387 g/mol. The van der Waals surface area contributed by atoms with Crippen molar-refractivity contribution in [1.29, 1.82) is 0 Å². The lowest BCUT2D eigenvalue weighted by molar-refractivity contribution is -0.124. The molecule has 1 aliphatic rings. The average Bonchev–Trinajstić information content (AvgIpc) is 2.66. The maximum atomic E-state index is 12.2. The SMILES string of the molecule is Cc1cccc(OCC(=O)NC2CCN(Cc3ccc(Cl)cc3)CC2)c1C. The highest BCUT2D eigenvalue weighted by Gasteiger charge is 2.21. The summed E-state index contributed by atoms with van der Waals surface area (Å²) in [5, 5.41) is 3.87. The van der Waals surface area contributed by atoms with E-state index in [1.54, 1.807) is 0 Å². The van der Waals surface area contributed by atoms with Crippen molar-refractivity contribution in [3.05, 3.63) is 64.2 Å². The summed E-state index contributed by atoms with van der Waals surface area (Å²) in [6.07, 6.45) is 1.92. The van der Waals surface area contributed by atoms with Crippen molar-refractivity contribution < 1.29 is 9.53 Å². The fourth-order valence-corrected chi connectivity index (χ4v) is 3.50. The van der Waals surface area contributed by atoms with Crippen LogP contribution in [0.3, 0.4) is 0 Å². The first-order valence-electron chi connectivity index (χ1n) is 9.46. The van der Waals surface area contributed by atoms with E-state index in [0.29, 0.717) is 0 Å². The third-order valence-corrected chi connectivity index (χ3v) is 5.44. The first-order valence-corrected chi connectivity index (χ1v) is 9.84. The summed E-state index contributed by atoms with van der Waals surface area (Å²) in [7, 11) is 0. The molecular formula is C22H27ClN2O2. The van der Waals surface area contributed by atoms with Gasteiger partial charge in [0.05, 0.1) is 0 Å². The number of hydrogen-bond donors (Lipinski definition) is 1. The monoisotopic (exact) mass is 386 g/mol. The smallest absolute Gasteiger partial charge is 0.258 e. The highest BCUT2D eigenvalue weighted by Crippen LogP contribution is 2.20. The van der Waals surface area contributed by atoms with Crippen molar-refractivity contribution in [2.45, 2.75) is 39.3 Å². The second-order valence-electron chi connectivity index (χ2n) is 7.23. The summed E-state index contributed by atoms with van der Waals surface area (Å²) in [4.78, 5) is 14.6. The van der Waals surface area contributed by atoms with Gasteiger partial charge in [0, 0.05) is 30.7 Å². The van der Waals surface area contributed by atoms with Gasteiger partial charge in [-0.2, -0.15) is 0 Å². The Morgan fingerprint density at radius 2 is 1.85 bits per heavy atom. The lowest BCUT2D eigenvalue weighted by atomic mass is 10.0. The number of amides is 1. The normalized spacial score (nSPS) is 15.5. The van der Waals surface area contributed by atoms with E-state index in [1.807, 2.05) is 44.2 Å². The number of halogens is 1. The Balaban J connectivity index is 1.40. The number of nitrogens with one attached hydrogen (secondary N) is 1. The molecule has 1 aliphatic heterocycles. The zero-order valence-electron chi connectivity index (χ0n) is 16.0. The van der Waals surface area contributed by atoms with Gasteiger partial charge in [-0.05, 0) is 61.6 Å². The van der Waals surface area contributed by atoms with Gasteiger partial charge in [0.15, 0.2) is 6.61 Å². The van der Waals surface area contributed by atoms with Gasteiger partial charge >= 0.3 is 0 Å². The molecule has 0 saturated carbocycles. The van der Waals surface area contributed by atoms with Crippen LogP contribution >= 0.6 is 11.6 Å². The quantitative estimate of drug-likeness (QED) is 0.812. The minimum absolute atomic E-state index is 0.0490. The molecule has 0 spiro atoms. The van der Waals surface area contributed by atoms with Crippen LogP contribution < -0.4 is 10.1 Å². The van der Waals surface area contributed by atoms with Gasteiger partial charge in [-0.15, -0.1) is 0 Å². The molecule has 0 aliphatic carbocycles. The highest BCUT2D eigenvalue weighted by molar-refractivity contribution is 6.30. The molecule has 144 valence electrons. The number of aryl methyl sites for hydroxylation is 1. The van der Waals surface area contributed by atoms with Crippen molar-refractivity contribution >= 4 is 17.5 Å². The molecule has 1 amide bonds. The van der Waals surface area contributed by atoms with Gasteiger partial charge in [0.25, 0.3) is 5.91 Å². The maximum Gasteiger partial charge on any atom is 0.258 e. The molecule has 27 heavy (non-hydrogen) atoms. The lowest BCUT2D eigenvalue weighted by Crippen LogP contribution is -2.45. The highest BCUT2D eigenvalue weighted by atomic mass is 35.5. The predicted octanol–water partition coefficient (Wildman–Crippen LogP) is 4.12. The third-order valence-electron chi connectivity index (χ3n) is 5.19. The molecule has 0 bridgehead atoms. The molecule has 5 heteroatoms. The number of ether oxygens (including phenoxy) is 1. The van der Waals surface area contributed by atoms with Crippen LogP contribution in [0, 0.1) is 13.8 Å². The van der Waals surface area contributed by atoms with Crippen LogP contribution in [-0.4, -0.2) is 36.5 Å². The predicted molar refractivity (Wildman–Crippen MR) is 109 cm³/mol. The van der Waals surface area contributed by atoms with Crippen molar-refractivity contribution in [2.75, 3.05) is 19.7 Å². The summed E-state index contributed by atoms with van der Waals surface area (Å²) >= 11 is 5.94. The summed E-state index contributed by atoms with van der Waals surface area (Å²) in [6.45, 7) is 7.00. The summed E-state index contributed by atoms with van der Waals surface area (Å²) in [5.41, 5.74) is 3.52. The number of hydrogen-bond acceptors (Lipinski definition) is 3. The number of rotatable bonds is 6. The number of carbonyl (C=O) groups excluding carboxylic acids is 1. The van der Waals surface area contributed by atoms with Gasteiger partial charge in [0.1, 0.15) is 5.75 Å². The molecule has 1 fully saturated rings. The molecule has 0 atom stereocenters. The first kappa shape index (κ1) is 19.7. The summed E-state index contributed by atoms with van der Waals surface area (Å²) in [5.74, 6) is 0.731. The third kappa shape index (κ3) is 5.72. The number of benzene rings is 2. The van der Waals surface area contributed by atoms with E-state index >= 15 is 0 Å². The molecule has 1 N–H and O–H groups in total. The van der Waals surface area contributed by atoms with Crippen molar-refractivity contribution in [2.24, 2.45) is 0 Å². The number of piperidine rings is 1. The van der Waals surface area contributed by atoms with E-state index in [2.05, 4.69) is 22.3 Å². The fourth-order valence-electron chi connectivity index (χ4n) is 3.38. The molecule has 0 aromatic heterocycles. The van der Waals surface area contributed by atoms with E-state index in [1.165, 1.54) is 11.1 Å². The van der Waals surface area contributed by atoms with Crippen LogP contribution in [0.2, 0.25) is 5.02 Å². The maximum absolute atomic E-state index is 12.2. The van der Waals surface area contributed by atoms with Crippen LogP contribution in [0.25, 0.3) is 0 Å². The largest absolute Gasteiger partial charge is 0.483 e. The van der Waals surface area contributed by atoms with Gasteiger partial charge in [-0.3, -0.25) is 9.69 Å². The Hall–Kier alpha value is -2.04. The number of nitrogens with zero attached hydrogens (tertiary/aromatic N) is 1. The van der Waals surface area contributed by atoms with E-state index < -0.39 is 0 Å². The van der Waals surface area contributed by atoms with Gasteiger partial charge in [-0.1, -0.05) is 35.9 Å². The zero-order chi connectivity index (χ0) is 19.2. The summed E-state index contributed by atoms with van der Waals surface area (Å²) < 4.78 is 5.70. The molecule has 0 radical (unpaired) electrons. The van der Waals surface area contributed by atoms with E-state index in [9.17, 15) is 4.79 Å². The van der Waals surface area contributed by atoms with Crippen LogP contribution in [0.1, 0.15) is 29.5 Å². The topological polar surface area (TPSA) is 41.6 Å². The van der Waals surface area contributed by atoms with Crippen LogP contribution in [0.15, 0.2) is 42.5 Å². The molecule has 4 nitrogen and oxygen atoms in total. The second-order valence-corrected chi connectivity index (χ2v) is 7.67. The fraction of sp³-hybridized carbons (Fsp3) is 0.409. The van der Waals surface area contributed by atoms with E-state index in [4.69, 9.17) is 16.3 Å². The lowest BCUT2D eigenvalue weighted by Gasteiger charge is -2.32. The Bertz CT molecular complexity index is 768. The van der Waals surface area contributed by atoms with Gasteiger partial charge < -0.3 is 10.1 Å². The Labute approximate surface area is 166 Å². The van der Waals surface area contributed by atoms with Crippen molar-refractivity contribution in [3.63, 3.8) is 0 Å². The van der Waals surface area contributed by atoms with Crippen LogP contribution in [0.5, 0.6) is 5.75 Å². The minimum atomic E-state index is -0.0490. The molecule has 0 unspecified atom stereocenters. The van der Waals surface area contributed by atoms with E-state index in [0.717, 1.165) is 48.8 Å². The van der Waals surface area contributed by atoms with Crippen molar-refractivity contribution in [1.82, 2.24) is 10.2 Å². The number of carbonyl (C=O) groups is 1. The van der Waals surface area contributed by atoms with Crippen molar-refractivity contribution in [3.8, 4) is 5.75 Å². The van der Waals surface area contributed by atoms with E-state index in [-0.39, 0.29) is 18.6 Å². The molecular weight excluding hydrogens is 360 g/mol. The van der Waals surface area contributed by atoms with Gasteiger partial charge in [0.2, 0.25) is 0 Å². The number of likely N-dealkylation sites (tertiary alicyclic amines) is 1. The Kier molecular flexibility index (Phi) is 6.75. The minimum Gasteiger partial charge on any atom is -0.483 e. The zero-order valence-corrected chi connectivity index (χ0v) is 16.8. The van der Waals surface area contributed by atoms with Gasteiger partial charge in [-0.25, -0.2) is 0 Å².